The maximum Gasteiger partial charge on any atom is 0.191 e. The number of aryl methyl sites for hydroxylation is 3. The molecular formula is C21H34IN5O. The largest absolute Gasteiger partial charge is 0.377 e. The molecule has 0 aliphatic heterocycles. The number of guanidine groups is 1. The van der Waals surface area contributed by atoms with Gasteiger partial charge in [0.25, 0.3) is 0 Å². The number of ether oxygens (including phenoxy) is 1. The highest BCUT2D eigenvalue weighted by atomic mass is 127. The summed E-state index contributed by atoms with van der Waals surface area (Å²) in [4.78, 5) is 4.74. The van der Waals surface area contributed by atoms with Gasteiger partial charge in [-0.1, -0.05) is 24.3 Å². The molecule has 6 nitrogen and oxygen atoms in total. The molecule has 2 rings (SSSR count). The van der Waals surface area contributed by atoms with Crippen molar-refractivity contribution in [3.05, 3.63) is 52.8 Å². The lowest BCUT2D eigenvalue weighted by molar-refractivity contribution is 0.133. The molecule has 0 radical (unpaired) electrons. The lowest BCUT2D eigenvalue weighted by Crippen LogP contribution is -2.38. The molecule has 2 aromatic rings. The number of benzene rings is 1. The molecule has 156 valence electrons. The average Bonchev–Trinajstić information content (AvgIpc) is 2.99. The fourth-order valence-corrected chi connectivity index (χ4v) is 2.91. The van der Waals surface area contributed by atoms with Gasteiger partial charge in [-0.3, -0.25) is 4.68 Å². The summed E-state index contributed by atoms with van der Waals surface area (Å²) in [5, 5.41) is 11.2. The number of hydrogen-bond donors (Lipinski definition) is 2. The van der Waals surface area contributed by atoms with Crippen molar-refractivity contribution < 1.29 is 4.74 Å². The second-order valence-electron chi connectivity index (χ2n) is 6.53. The van der Waals surface area contributed by atoms with E-state index < -0.39 is 0 Å². The number of aliphatic imine (C=N–C) groups is 1. The van der Waals surface area contributed by atoms with E-state index in [2.05, 4.69) is 58.5 Å². The van der Waals surface area contributed by atoms with E-state index in [9.17, 15) is 0 Å². The minimum atomic E-state index is 0. The number of rotatable bonds is 10. The molecule has 1 heterocycles. The Hall–Kier alpha value is -1.61. The Morgan fingerprint density at radius 3 is 2.54 bits per heavy atom. The van der Waals surface area contributed by atoms with Crippen LogP contribution in [0.3, 0.4) is 0 Å². The summed E-state index contributed by atoms with van der Waals surface area (Å²) in [5.41, 5.74) is 4.68. The fourth-order valence-electron chi connectivity index (χ4n) is 2.91. The van der Waals surface area contributed by atoms with Crippen LogP contribution < -0.4 is 10.6 Å². The van der Waals surface area contributed by atoms with Crippen molar-refractivity contribution in [3.63, 3.8) is 0 Å². The van der Waals surface area contributed by atoms with Crippen LogP contribution in [0, 0.1) is 13.8 Å². The maximum absolute atomic E-state index is 5.56. The summed E-state index contributed by atoms with van der Waals surface area (Å²) in [5.74, 6) is 0.845. The zero-order valence-electron chi connectivity index (χ0n) is 17.5. The molecule has 0 unspecified atom stereocenters. The Bertz CT molecular complexity index is 729. The third-order valence-electron chi connectivity index (χ3n) is 4.27. The summed E-state index contributed by atoms with van der Waals surface area (Å²) >= 11 is 0. The third kappa shape index (κ3) is 8.18. The number of aromatic nitrogens is 2. The molecule has 0 aliphatic carbocycles. The van der Waals surface area contributed by atoms with E-state index in [1.54, 1.807) is 0 Å². The van der Waals surface area contributed by atoms with E-state index >= 15 is 0 Å². The highest BCUT2D eigenvalue weighted by Gasteiger charge is 2.04. The van der Waals surface area contributed by atoms with Gasteiger partial charge in [0.1, 0.15) is 0 Å². The van der Waals surface area contributed by atoms with E-state index in [-0.39, 0.29) is 24.0 Å². The van der Waals surface area contributed by atoms with Crippen LogP contribution in [0.5, 0.6) is 0 Å². The summed E-state index contributed by atoms with van der Waals surface area (Å²) in [6, 6.07) is 10.4. The van der Waals surface area contributed by atoms with Crippen molar-refractivity contribution in [1.29, 1.82) is 0 Å². The van der Waals surface area contributed by atoms with Gasteiger partial charge in [-0.25, -0.2) is 4.99 Å². The molecule has 0 amide bonds. The first-order valence-corrected chi connectivity index (χ1v) is 9.81. The zero-order valence-corrected chi connectivity index (χ0v) is 19.8. The topological polar surface area (TPSA) is 63.5 Å². The molecule has 0 saturated carbocycles. The van der Waals surface area contributed by atoms with Gasteiger partial charge >= 0.3 is 0 Å². The van der Waals surface area contributed by atoms with Crippen molar-refractivity contribution >= 4 is 29.9 Å². The Morgan fingerprint density at radius 2 is 1.89 bits per heavy atom. The number of halogens is 1. The van der Waals surface area contributed by atoms with Gasteiger partial charge in [0.05, 0.1) is 18.8 Å². The molecule has 0 fully saturated rings. The highest BCUT2D eigenvalue weighted by Crippen LogP contribution is 2.11. The van der Waals surface area contributed by atoms with E-state index in [0.29, 0.717) is 13.2 Å². The van der Waals surface area contributed by atoms with Crippen molar-refractivity contribution in [1.82, 2.24) is 20.4 Å². The summed E-state index contributed by atoms with van der Waals surface area (Å²) in [6.45, 7) is 12.8. The summed E-state index contributed by atoms with van der Waals surface area (Å²) in [7, 11) is 0. The van der Waals surface area contributed by atoms with Gasteiger partial charge in [-0.05, 0) is 51.3 Å². The van der Waals surface area contributed by atoms with E-state index in [0.717, 1.165) is 44.3 Å². The first-order valence-electron chi connectivity index (χ1n) is 9.81. The maximum atomic E-state index is 5.56. The van der Waals surface area contributed by atoms with Crippen LogP contribution >= 0.6 is 24.0 Å². The second kappa shape index (κ2) is 13.5. The van der Waals surface area contributed by atoms with Gasteiger partial charge in [-0.2, -0.15) is 5.10 Å². The van der Waals surface area contributed by atoms with Crippen LogP contribution in [0.4, 0.5) is 0 Å². The molecule has 0 bridgehead atoms. The predicted molar refractivity (Wildman–Crippen MR) is 126 cm³/mol. The van der Waals surface area contributed by atoms with Crippen LogP contribution in [0.1, 0.15) is 42.8 Å². The SMILES string of the molecule is CCNC(=NCc1ccccc1COCC)NCCCn1nc(C)cc1C.I. The average molecular weight is 499 g/mol. The van der Waals surface area contributed by atoms with Crippen LogP contribution in [0.25, 0.3) is 0 Å². The lowest BCUT2D eigenvalue weighted by Gasteiger charge is -2.13. The molecule has 0 spiro atoms. The molecular weight excluding hydrogens is 465 g/mol. The van der Waals surface area contributed by atoms with Crippen molar-refractivity contribution in [2.75, 3.05) is 19.7 Å². The number of nitrogens with zero attached hydrogens (tertiary/aromatic N) is 3. The van der Waals surface area contributed by atoms with Crippen LogP contribution in [-0.4, -0.2) is 35.4 Å². The molecule has 0 atom stereocenters. The number of hydrogen-bond acceptors (Lipinski definition) is 3. The van der Waals surface area contributed by atoms with Crippen LogP contribution in [-0.2, 0) is 24.4 Å². The van der Waals surface area contributed by atoms with Gasteiger partial charge in [0.15, 0.2) is 5.96 Å². The highest BCUT2D eigenvalue weighted by molar-refractivity contribution is 14.0. The summed E-state index contributed by atoms with van der Waals surface area (Å²) in [6.07, 6.45) is 0.993. The normalized spacial score (nSPS) is 11.2. The predicted octanol–water partition coefficient (Wildman–Crippen LogP) is 3.80. The smallest absolute Gasteiger partial charge is 0.191 e. The Kier molecular flexibility index (Phi) is 11.8. The van der Waals surface area contributed by atoms with Gasteiger partial charge in [-0.15, -0.1) is 24.0 Å². The van der Waals surface area contributed by atoms with Gasteiger partial charge < -0.3 is 15.4 Å². The molecule has 28 heavy (non-hydrogen) atoms. The van der Waals surface area contributed by atoms with Crippen molar-refractivity contribution in [2.24, 2.45) is 4.99 Å². The lowest BCUT2D eigenvalue weighted by atomic mass is 10.1. The molecule has 7 heteroatoms. The molecule has 1 aromatic carbocycles. The minimum absolute atomic E-state index is 0. The standard InChI is InChI=1S/C21H33N5O.HI/c1-5-22-21(23-12-9-13-26-18(4)14-17(3)25-26)24-15-19-10-7-8-11-20(19)16-27-6-2;/h7-8,10-11,14H,5-6,9,12-13,15-16H2,1-4H3,(H2,22,23,24);1H. The van der Waals surface area contributed by atoms with Crippen molar-refractivity contribution in [3.8, 4) is 0 Å². The van der Waals surface area contributed by atoms with Crippen LogP contribution in [0.2, 0.25) is 0 Å². The first kappa shape index (κ1) is 24.4. The second-order valence-corrected chi connectivity index (χ2v) is 6.53. The molecule has 0 aliphatic rings. The minimum Gasteiger partial charge on any atom is -0.377 e. The quantitative estimate of drug-likeness (QED) is 0.226. The van der Waals surface area contributed by atoms with Crippen LogP contribution in [0.15, 0.2) is 35.3 Å². The zero-order chi connectivity index (χ0) is 19.5. The van der Waals surface area contributed by atoms with Crippen molar-refractivity contribution in [2.45, 2.75) is 53.8 Å². The Labute approximate surface area is 186 Å². The third-order valence-corrected chi connectivity index (χ3v) is 4.27. The first-order chi connectivity index (χ1) is 13.1. The Balaban J connectivity index is 0.00000392. The fraction of sp³-hybridized carbons (Fsp3) is 0.524. The molecule has 0 saturated heterocycles. The summed E-state index contributed by atoms with van der Waals surface area (Å²) < 4.78 is 7.62. The monoisotopic (exact) mass is 499 g/mol. The van der Waals surface area contributed by atoms with Gasteiger partial charge in [0.2, 0.25) is 0 Å². The van der Waals surface area contributed by atoms with E-state index in [1.807, 2.05) is 19.9 Å². The Morgan fingerprint density at radius 1 is 1.14 bits per heavy atom. The molecule has 2 N–H and O–H groups in total. The van der Waals surface area contributed by atoms with E-state index in [1.165, 1.54) is 16.8 Å². The number of nitrogens with one attached hydrogen (secondary N) is 2. The molecule has 1 aromatic heterocycles. The van der Waals surface area contributed by atoms with E-state index in [4.69, 9.17) is 9.73 Å². The van der Waals surface area contributed by atoms with Gasteiger partial charge in [0, 0.05) is 31.9 Å².